The summed E-state index contributed by atoms with van der Waals surface area (Å²) in [6.07, 6.45) is 0. The molecule has 7 nitrogen and oxygen atoms in total. The van der Waals surface area contributed by atoms with E-state index in [0.29, 0.717) is 30.2 Å². The van der Waals surface area contributed by atoms with Crippen molar-refractivity contribution in [3.8, 4) is 12.1 Å². The maximum Gasteiger partial charge on any atom is 0.238 e. The van der Waals surface area contributed by atoms with Crippen molar-refractivity contribution in [1.82, 2.24) is 10.2 Å². The van der Waals surface area contributed by atoms with Crippen LogP contribution in [0.25, 0.3) is 0 Å². The Labute approximate surface area is 150 Å². The summed E-state index contributed by atoms with van der Waals surface area (Å²) in [5.74, 6) is -0.283. The first-order valence-electron chi connectivity index (χ1n) is 8.32. The highest BCUT2D eigenvalue weighted by molar-refractivity contribution is 6.07. The summed E-state index contributed by atoms with van der Waals surface area (Å²) in [5, 5.41) is 30.6. The number of hydrogen-bond acceptors (Lipinski definition) is 6. The molecular formula is C19H16N6O. The number of aromatic nitrogens is 2. The highest BCUT2D eigenvalue weighted by atomic mass is 16.2. The lowest BCUT2D eigenvalue weighted by molar-refractivity contribution is -0.120. The minimum absolute atomic E-state index is 0.178. The van der Waals surface area contributed by atoms with Crippen LogP contribution in [0.1, 0.15) is 22.4 Å². The Balaban J connectivity index is 1.84. The Kier molecular flexibility index (Phi) is 3.41. The number of fused-ring (bicyclic) bond motifs is 2. The van der Waals surface area contributed by atoms with Crippen molar-refractivity contribution in [2.75, 3.05) is 23.3 Å². The number of benzene rings is 1. The summed E-state index contributed by atoms with van der Waals surface area (Å²) in [6, 6.07) is 11.9. The molecule has 1 N–H and O–H groups in total. The third-order valence-corrected chi connectivity index (χ3v) is 5.50. The van der Waals surface area contributed by atoms with Gasteiger partial charge in [-0.25, -0.2) is 0 Å². The van der Waals surface area contributed by atoms with E-state index in [9.17, 15) is 15.3 Å². The number of hydrogen-bond donors (Lipinski definition) is 1. The van der Waals surface area contributed by atoms with Gasteiger partial charge in [0.1, 0.15) is 17.0 Å². The topological polar surface area (TPSA) is 106 Å². The van der Waals surface area contributed by atoms with E-state index in [4.69, 9.17) is 0 Å². The number of nitriles is 2. The molecule has 2 aromatic rings. The van der Waals surface area contributed by atoms with Gasteiger partial charge in [-0.15, -0.1) is 5.10 Å². The molecule has 0 radical (unpaired) electrons. The molecule has 2 aliphatic heterocycles. The lowest BCUT2D eigenvalue weighted by atomic mass is 9.74. The number of carbonyl (C=O) groups is 1. The van der Waals surface area contributed by atoms with E-state index in [1.165, 1.54) is 0 Å². The number of rotatable bonds is 1. The molecule has 1 saturated heterocycles. The van der Waals surface area contributed by atoms with E-state index in [1.54, 1.807) is 6.92 Å². The maximum absolute atomic E-state index is 12.9. The fraction of sp³-hybridized carbons (Fsp3) is 0.316. The van der Waals surface area contributed by atoms with Gasteiger partial charge in [-0.2, -0.15) is 15.6 Å². The standard InChI is InChI=1S/C19H16N6O/c1-11-12(2)23-24-17(14(11)8-21)25-9-13(7-20)19(10-25)15-5-3-4-6-16(15)22-18(19)26/h3-6,13H,9-10H2,1-2H3,(H,22,26)/t13-,19+/m1/s1. The zero-order valence-electron chi connectivity index (χ0n) is 14.4. The highest BCUT2D eigenvalue weighted by Crippen LogP contribution is 2.48. The first-order chi connectivity index (χ1) is 12.5. The number of amides is 1. The molecule has 0 bridgehead atoms. The number of para-hydroxylation sites is 1. The van der Waals surface area contributed by atoms with Gasteiger partial charge >= 0.3 is 0 Å². The molecule has 0 unspecified atom stereocenters. The molecule has 4 rings (SSSR count). The lowest BCUT2D eigenvalue weighted by Gasteiger charge is -2.25. The van der Waals surface area contributed by atoms with Crippen LogP contribution in [0.5, 0.6) is 0 Å². The predicted octanol–water partition coefficient (Wildman–Crippen LogP) is 1.81. The summed E-state index contributed by atoms with van der Waals surface area (Å²) >= 11 is 0. The van der Waals surface area contributed by atoms with Crippen molar-refractivity contribution in [2.45, 2.75) is 19.3 Å². The highest BCUT2D eigenvalue weighted by Gasteiger charge is 2.58. The van der Waals surface area contributed by atoms with Gasteiger partial charge in [-0.05, 0) is 31.0 Å². The second kappa shape index (κ2) is 5.53. The first-order valence-corrected chi connectivity index (χ1v) is 8.32. The number of aryl methyl sites for hydroxylation is 1. The Hall–Kier alpha value is -3.45. The molecular weight excluding hydrogens is 328 g/mol. The van der Waals surface area contributed by atoms with Crippen molar-refractivity contribution < 1.29 is 4.79 Å². The van der Waals surface area contributed by atoms with Crippen LogP contribution in [0.2, 0.25) is 0 Å². The minimum atomic E-state index is -0.960. The average molecular weight is 344 g/mol. The quantitative estimate of drug-likeness (QED) is 0.846. The Morgan fingerprint density at radius 3 is 2.77 bits per heavy atom. The van der Waals surface area contributed by atoms with Crippen LogP contribution in [0.3, 0.4) is 0 Å². The monoisotopic (exact) mass is 344 g/mol. The Bertz CT molecular complexity index is 1020. The van der Waals surface area contributed by atoms with Crippen molar-refractivity contribution in [2.24, 2.45) is 5.92 Å². The van der Waals surface area contributed by atoms with Crippen molar-refractivity contribution >= 4 is 17.4 Å². The zero-order chi connectivity index (χ0) is 18.5. The lowest BCUT2D eigenvalue weighted by Crippen LogP contribution is -2.42. The van der Waals surface area contributed by atoms with Gasteiger partial charge in [0.05, 0.1) is 17.7 Å². The fourth-order valence-electron chi connectivity index (χ4n) is 3.96. The summed E-state index contributed by atoms with van der Waals surface area (Å²) < 4.78 is 0. The van der Waals surface area contributed by atoms with Crippen LogP contribution in [-0.4, -0.2) is 29.2 Å². The maximum atomic E-state index is 12.9. The normalized spacial score (nSPS) is 23.5. The molecule has 3 heterocycles. The van der Waals surface area contributed by atoms with E-state index >= 15 is 0 Å². The van der Waals surface area contributed by atoms with Crippen LogP contribution in [0.4, 0.5) is 11.5 Å². The molecule has 1 fully saturated rings. The smallest absolute Gasteiger partial charge is 0.238 e. The van der Waals surface area contributed by atoms with E-state index in [-0.39, 0.29) is 5.91 Å². The summed E-state index contributed by atoms with van der Waals surface area (Å²) in [4.78, 5) is 14.7. The first kappa shape index (κ1) is 16.0. The van der Waals surface area contributed by atoms with Gasteiger partial charge < -0.3 is 10.2 Å². The molecule has 1 amide bonds. The SMILES string of the molecule is Cc1nnc(N2C[C@@H](C#N)[C@]3(C2)C(=O)Nc2ccccc23)c(C#N)c1C. The van der Waals surface area contributed by atoms with E-state index in [2.05, 4.69) is 27.7 Å². The molecule has 1 spiro atoms. The van der Waals surface area contributed by atoms with Crippen LogP contribution >= 0.6 is 0 Å². The van der Waals surface area contributed by atoms with Crippen LogP contribution in [0, 0.1) is 42.4 Å². The minimum Gasteiger partial charge on any atom is -0.351 e. The van der Waals surface area contributed by atoms with Crippen molar-refractivity contribution in [1.29, 1.82) is 10.5 Å². The molecule has 2 atom stereocenters. The van der Waals surface area contributed by atoms with E-state index in [1.807, 2.05) is 36.1 Å². The predicted molar refractivity (Wildman–Crippen MR) is 94.3 cm³/mol. The molecule has 2 aliphatic rings. The summed E-state index contributed by atoms with van der Waals surface area (Å²) in [6.45, 7) is 4.25. The van der Waals surface area contributed by atoms with Gasteiger partial charge in [0.2, 0.25) is 5.91 Å². The van der Waals surface area contributed by atoms with E-state index in [0.717, 1.165) is 16.8 Å². The molecule has 26 heavy (non-hydrogen) atoms. The second-order valence-corrected chi connectivity index (χ2v) is 6.75. The number of nitrogens with one attached hydrogen (secondary N) is 1. The molecule has 0 saturated carbocycles. The Morgan fingerprint density at radius 1 is 1.27 bits per heavy atom. The third-order valence-electron chi connectivity index (χ3n) is 5.50. The van der Waals surface area contributed by atoms with Gasteiger partial charge in [0, 0.05) is 18.8 Å². The summed E-state index contributed by atoms with van der Waals surface area (Å²) in [7, 11) is 0. The second-order valence-electron chi connectivity index (χ2n) is 6.75. The molecule has 0 aliphatic carbocycles. The molecule has 128 valence electrons. The van der Waals surface area contributed by atoms with Gasteiger partial charge in [-0.1, -0.05) is 18.2 Å². The van der Waals surface area contributed by atoms with Crippen LogP contribution in [-0.2, 0) is 10.2 Å². The van der Waals surface area contributed by atoms with E-state index < -0.39 is 11.3 Å². The molecule has 1 aromatic heterocycles. The zero-order valence-corrected chi connectivity index (χ0v) is 14.4. The number of anilines is 2. The van der Waals surface area contributed by atoms with Crippen LogP contribution < -0.4 is 10.2 Å². The number of nitrogens with zero attached hydrogens (tertiary/aromatic N) is 5. The van der Waals surface area contributed by atoms with Crippen LogP contribution in [0.15, 0.2) is 24.3 Å². The average Bonchev–Trinajstić information content (AvgIpc) is 3.17. The van der Waals surface area contributed by atoms with Crippen molar-refractivity contribution in [3.05, 3.63) is 46.6 Å². The van der Waals surface area contributed by atoms with Crippen molar-refractivity contribution in [3.63, 3.8) is 0 Å². The molecule has 1 aromatic carbocycles. The van der Waals surface area contributed by atoms with Gasteiger partial charge in [0.25, 0.3) is 0 Å². The molecule has 7 heteroatoms. The van der Waals surface area contributed by atoms with Gasteiger partial charge in [0.15, 0.2) is 5.82 Å². The number of carbonyl (C=O) groups excluding carboxylic acids is 1. The van der Waals surface area contributed by atoms with Gasteiger partial charge in [-0.3, -0.25) is 4.79 Å². The fourth-order valence-corrected chi connectivity index (χ4v) is 3.96. The largest absolute Gasteiger partial charge is 0.351 e. The Morgan fingerprint density at radius 2 is 2.04 bits per heavy atom. The third kappa shape index (κ3) is 1.94. The summed E-state index contributed by atoms with van der Waals surface area (Å²) in [5.41, 5.74) is 2.51.